The van der Waals surface area contributed by atoms with Crippen LogP contribution in [0.25, 0.3) is 0 Å². The fourth-order valence-corrected chi connectivity index (χ4v) is 2.04. The van der Waals surface area contributed by atoms with Gasteiger partial charge in [-0.3, -0.25) is 0 Å². The minimum absolute atomic E-state index is 0.567. The highest BCUT2D eigenvalue weighted by Gasteiger charge is 2.19. The summed E-state index contributed by atoms with van der Waals surface area (Å²) in [7, 11) is -2.71. The molecule has 0 aliphatic carbocycles. The molecule has 1 aromatic rings. The van der Waals surface area contributed by atoms with Gasteiger partial charge in [0.25, 0.3) is 0 Å². The van der Waals surface area contributed by atoms with Gasteiger partial charge >= 0.3 is 7.12 Å². The zero-order valence-corrected chi connectivity index (χ0v) is 8.65. The summed E-state index contributed by atoms with van der Waals surface area (Å²) < 4.78 is 2.09. The van der Waals surface area contributed by atoms with E-state index in [2.05, 4.69) is 23.9 Å². The molecule has 2 N–H and O–H groups in total. The van der Waals surface area contributed by atoms with Gasteiger partial charge in [0.1, 0.15) is 0 Å². The molecule has 0 atom stereocenters. The van der Waals surface area contributed by atoms with Gasteiger partial charge < -0.3 is 14.3 Å². The van der Waals surface area contributed by atoms with Crippen molar-refractivity contribution in [3.63, 3.8) is 0 Å². The van der Waals surface area contributed by atoms with Crippen LogP contribution in [0.15, 0.2) is 18.5 Å². The first-order valence-corrected chi connectivity index (χ1v) is 7.40. The number of aromatic nitrogens is 1. The van der Waals surface area contributed by atoms with Crippen molar-refractivity contribution in [2.24, 2.45) is 0 Å². The number of hydrogen-bond donors (Lipinski definition) is 2. The highest BCUT2D eigenvalue weighted by atomic mass is 28.3. The second kappa shape index (κ2) is 3.08. The quantitative estimate of drug-likeness (QED) is 0.626. The Labute approximate surface area is 73.9 Å². The largest absolute Gasteiger partial charge is 0.489 e. The zero-order valence-electron chi connectivity index (χ0n) is 7.65. The SMILES string of the molecule is C[Si](C)(C)n1ccc(B(O)O)c1. The Hall–Kier alpha value is -0.518. The van der Waals surface area contributed by atoms with Gasteiger partial charge in [0, 0.05) is 0 Å². The maximum absolute atomic E-state index is 8.86. The van der Waals surface area contributed by atoms with Crippen molar-refractivity contribution in [3.05, 3.63) is 18.5 Å². The summed E-state index contributed by atoms with van der Waals surface area (Å²) in [4.78, 5) is 0. The van der Waals surface area contributed by atoms with E-state index in [1.165, 1.54) is 0 Å². The third-order valence-electron chi connectivity index (χ3n) is 1.79. The lowest BCUT2D eigenvalue weighted by Crippen LogP contribution is -2.33. The number of hydrogen-bond acceptors (Lipinski definition) is 2. The molecule has 0 aromatic carbocycles. The molecule has 1 aromatic heterocycles. The van der Waals surface area contributed by atoms with Crippen molar-refractivity contribution < 1.29 is 10.0 Å². The van der Waals surface area contributed by atoms with Crippen molar-refractivity contribution in [3.8, 4) is 0 Å². The monoisotopic (exact) mass is 183 g/mol. The van der Waals surface area contributed by atoms with Gasteiger partial charge in [0.2, 0.25) is 0 Å². The predicted octanol–water partition coefficient (Wildman–Crippen LogP) is -0.149. The van der Waals surface area contributed by atoms with Crippen molar-refractivity contribution in [2.75, 3.05) is 0 Å². The summed E-state index contributed by atoms with van der Waals surface area (Å²) >= 11 is 0. The molecule has 66 valence electrons. The molecule has 5 heteroatoms. The first-order valence-electron chi connectivity index (χ1n) is 3.96. The minimum Gasteiger partial charge on any atom is -0.423 e. The van der Waals surface area contributed by atoms with Gasteiger partial charge in [-0.15, -0.1) is 0 Å². The normalized spacial score (nSPS) is 11.8. The molecule has 0 spiro atoms. The fourth-order valence-electron chi connectivity index (χ4n) is 0.983. The Morgan fingerprint density at radius 2 is 1.92 bits per heavy atom. The van der Waals surface area contributed by atoms with Crippen LogP contribution in [0, 0.1) is 0 Å². The van der Waals surface area contributed by atoms with E-state index in [-0.39, 0.29) is 0 Å². The molecule has 3 nitrogen and oxygen atoms in total. The first kappa shape index (κ1) is 9.57. The minimum atomic E-state index is -1.36. The van der Waals surface area contributed by atoms with E-state index >= 15 is 0 Å². The third-order valence-corrected chi connectivity index (χ3v) is 3.62. The molecule has 1 rings (SSSR count). The molecule has 0 bridgehead atoms. The van der Waals surface area contributed by atoms with Crippen molar-refractivity contribution >= 4 is 20.8 Å². The van der Waals surface area contributed by atoms with Crippen molar-refractivity contribution in [2.45, 2.75) is 19.6 Å². The van der Waals surface area contributed by atoms with Crippen LogP contribution in [0.5, 0.6) is 0 Å². The predicted molar refractivity (Wildman–Crippen MR) is 53.0 cm³/mol. The molecule has 12 heavy (non-hydrogen) atoms. The lowest BCUT2D eigenvalue weighted by molar-refractivity contribution is 0.426. The van der Waals surface area contributed by atoms with Crippen LogP contribution in [0.2, 0.25) is 19.6 Å². The molecule has 0 aliphatic heterocycles. The van der Waals surface area contributed by atoms with Gasteiger partial charge in [-0.1, -0.05) is 19.6 Å². The molecule has 0 saturated heterocycles. The molecule has 0 aliphatic rings. The van der Waals surface area contributed by atoms with Gasteiger partial charge in [-0.05, 0) is 23.9 Å². The summed E-state index contributed by atoms with van der Waals surface area (Å²) in [6.07, 6.45) is 3.71. The molecule has 0 saturated carbocycles. The first-order chi connectivity index (χ1) is 5.41. The lowest BCUT2D eigenvalue weighted by Gasteiger charge is -2.17. The zero-order chi connectivity index (χ0) is 9.35. The van der Waals surface area contributed by atoms with E-state index in [4.69, 9.17) is 10.0 Å². The lowest BCUT2D eigenvalue weighted by atomic mass is 9.83. The Balaban J connectivity index is 2.92. The maximum atomic E-state index is 8.86. The Morgan fingerprint density at radius 3 is 2.17 bits per heavy atom. The van der Waals surface area contributed by atoms with Crippen LogP contribution >= 0.6 is 0 Å². The highest BCUT2D eigenvalue weighted by molar-refractivity contribution is 6.74. The van der Waals surface area contributed by atoms with Crippen molar-refractivity contribution in [1.29, 1.82) is 0 Å². The highest BCUT2D eigenvalue weighted by Crippen LogP contribution is 2.04. The van der Waals surface area contributed by atoms with Crippen molar-refractivity contribution in [1.82, 2.24) is 4.23 Å². The van der Waals surface area contributed by atoms with Gasteiger partial charge in [0.15, 0.2) is 8.24 Å². The summed E-state index contributed by atoms with van der Waals surface area (Å²) in [5.41, 5.74) is 0.567. The molecule has 0 unspecified atom stereocenters. The molecule has 0 fully saturated rings. The number of rotatable bonds is 2. The average molecular weight is 183 g/mol. The van der Waals surface area contributed by atoms with E-state index in [0.29, 0.717) is 5.46 Å². The molecular weight excluding hydrogens is 169 g/mol. The van der Waals surface area contributed by atoms with Crippen LogP contribution in [-0.4, -0.2) is 29.6 Å². The van der Waals surface area contributed by atoms with E-state index < -0.39 is 15.4 Å². The Bertz CT molecular complexity index is 267. The van der Waals surface area contributed by atoms with E-state index in [1.807, 2.05) is 6.20 Å². The summed E-state index contributed by atoms with van der Waals surface area (Å²) in [6, 6.07) is 1.74. The summed E-state index contributed by atoms with van der Waals surface area (Å²) in [5, 5.41) is 17.7. The topological polar surface area (TPSA) is 45.4 Å². The average Bonchev–Trinajstić information content (AvgIpc) is 2.30. The smallest absolute Gasteiger partial charge is 0.423 e. The summed E-state index contributed by atoms with van der Waals surface area (Å²) in [6.45, 7) is 6.58. The van der Waals surface area contributed by atoms with Gasteiger partial charge in [-0.25, -0.2) is 0 Å². The van der Waals surface area contributed by atoms with Crippen LogP contribution in [0.4, 0.5) is 0 Å². The second-order valence-electron chi connectivity index (χ2n) is 3.90. The fraction of sp³-hybridized carbons (Fsp3) is 0.429. The maximum Gasteiger partial charge on any atom is 0.489 e. The van der Waals surface area contributed by atoms with E-state index in [9.17, 15) is 0 Å². The van der Waals surface area contributed by atoms with Crippen LogP contribution in [0.3, 0.4) is 0 Å². The number of nitrogens with zero attached hydrogens (tertiary/aromatic N) is 1. The standard InChI is InChI=1S/C7H14BNO2Si/c1-12(2,3)9-5-4-7(6-9)8(10)11/h4-6,10-11H,1-3H3. The van der Waals surface area contributed by atoms with Gasteiger partial charge in [0.05, 0.1) is 0 Å². The third kappa shape index (κ3) is 2.00. The van der Waals surface area contributed by atoms with Crippen LogP contribution in [-0.2, 0) is 0 Å². The second-order valence-corrected chi connectivity index (χ2v) is 8.75. The summed E-state index contributed by atoms with van der Waals surface area (Å²) in [5.74, 6) is 0. The molecule has 0 amide bonds. The Kier molecular flexibility index (Phi) is 2.46. The molecular formula is C7H14BNO2Si. The van der Waals surface area contributed by atoms with Crippen LogP contribution in [0.1, 0.15) is 0 Å². The van der Waals surface area contributed by atoms with E-state index in [1.54, 1.807) is 12.3 Å². The molecule has 1 heterocycles. The molecule has 0 radical (unpaired) electrons. The Morgan fingerprint density at radius 1 is 1.33 bits per heavy atom. The van der Waals surface area contributed by atoms with Gasteiger partial charge in [-0.2, -0.15) is 0 Å². The van der Waals surface area contributed by atoms with E-state index in [0.717, 1.165) is 0 Å². The van der Waals surface area contributed by atoms with Crippen LogP contribution < -0.4 is 5.46 Å².